The lowest BCUT2D eigenvalue weighted by molar-refractivity contribution is -0.119. The number of hydrogen-bond acceptors (Lipinski definition) is 2. The minimum atomic E-state index is 0.129. The SMILES string of the molecule is O=C1CCC(Cn2c(CCl)nc3cc(Br)ccc32)N1. The fourth-order valence-corrected chi connectivity index (χ4v) is 3.05. The zero-order valence-corrected chi connectivity index (χ0v) is 12.5. The number of halogens is 2. The van der Waals surface area contributed by atoms with Crippen molar-refractivity contribution in [2.45, 2.75) is 31.3 Å². The van der Waals surface area contributed by atoms with Crippen LogP contribution < -0.4 is 5.32 Å². The number of carbonyl (C=O) groups is 1. The van der Waals surface area contributed by atoms with Crippen LogP contribution in [-0.2, 0) is 17.2 Å². The van der Waals surface area contributed by atoms with Gasteiger partial charge in [0, 0.05) is 23.5 Å². The summed E-state index contributed by atoms with van der Waals surface area (Å²) in [7, 11) is 0. The lowest BCUT2D eigenvalue weighted by atomic mass is 10.2. The molecule has 0 saturated carbocycles. The first-order valence-electron chi connectivity index (χ1n) is 6.17. The van der Waals surface area contributed by atoms with Gasteiger partial charge in [0.05, 0.1) is 16.9 Å². The average molecular weight is 343 g/mol. The van der Waals surface area contributed by atoms with Crippen LogP contribution in [0.4, 0.5) is 0 Å². The van der Waals surface area contributed by atoms with Crippen LogP contribution in [0.25, 0.3) is 11.0 Å². The smallest absolute Gasteiger partial charge is 0.220 e. The van der Waals surface area contributed by atoms with Gasteiger partial charge in [0.1, 0.15) is 5.82 Å². The second-order valence-electron chi connectivity index (χ2n) is 4.71. The van der Waals surface area contributed by atoms with Gasteiger partial charge in [0.25, 0.3) is 0 Å². The maximum atomic E-state index is 11.3. The Kier molecular flexibility index (Phi) is 3.50. The van der Waals surface area contributed by atoms with E-state index in [0.29, 0.717) is 12.3 Å². The van der Waals surface area contributed by atoms with Crippen LogP contribution in [0.5, 0.6) is 0 Å². The maximum absolute atomic E-state index is 11.3. The summed E-state index contributed by atoms with van der Waals surface area (Å²) in [6, 6.07) is 6.18. The standard InChI is InChI=1S/C13H13BrClN3O/c14-8-1-3-11-10(5-8)17-12(6-15)18(11)7-9-2-4-13(19)16-9/h1,3,5,9H,2,4,6-7H2,(H,16,19). The Morgan fingerprint density at radius 3 is 3.05 bits per heavy atom. The normalized spacial score (nSPS) is 19.1. The van der Waals surface area contributed by atoms with Gasteiger partial charge < -0.3 is 9.88 Å². The van der Waals surface area contributed by atoms with Gasteiger partial charge in [-0.05, 0) is 24.6 Å². The van der Waals surface area contributed by atoms with Crippen molar-refractivity contribution in [2.24, 2.45) is 0 Å². The Balaban J connectivity index is 1.98. The fraction of sp³-hybridized carbons (Fsp3) is 0.385. The zero-order chi connectivity index (χ0) is 13.4. The summed E-state index contributed by atoms with van der Waals surface area (Å²) >= 11 is 9.42. The molecule has 0 spiro atoms. The van der Waals surface area contributed by atoms with Crippen molar-refractivity contribution in [3.8, 4) is 0 Å². The number of hydrogen-bond donors (Lipinski definition) is 1. The second-order valence-corrected chi connectivity index (χ2v) is 5.89. The molecule has 1 aliphatic rings. The van der Waals surface area contributed by atoms with Crippen molar-refractivity contribution in [1.82, 2.24) is 14.9 Å². The van der Waals surface area contributed by atoms with Crippen LogP contribution in [0, 0.1) is 0 Å². The lowest BCUT2D eigenvalue weighted by Crippen LogP contribution is -2.30. The first kappa shape index (κ1) is 12.9. The number of aromatic nitrogens is 2. The van der Waals surface area contributed by atoms with Gasteiger partial charge in [-0.3, -0.25) is 4.79 Å². The molecular weight excluding hydrogens is 330 g/mol. The topological polar surface area (TPSA) is 46.9 Å². The second kappa shape index (κ2) is 5.13. The third-order valence-electron chi connectivity index (χ3n) is 3.40. The molecular formula is C13H13BrClN3O. The van der Waals surface area contributed by atoms with Crippen LogP contribution in [0.15, 0.2) is 22.7 Å². The highest BCUT2D eigenvalue weighted by atomic mass is 79.9. The number of alkyl halides is 1. The van der Waals surface area contributed by atoms with Crippen LogP contribution in [0.2, 0.25) is 0 Å². The van der Waals surface area contributed by atoms with Gasteiger partial charge in [0.15, 0.2) is 0 Å². The van der Waals surface area contributed by atoms with E-state index in [1.807, 2.05) is 18.2 Å². The van der Waals surface area contributed by atoms with Gasteiger partial charge in [-0.1, -0.05) is 15.9 Å². The van der Waals surface area contributed by atoms with Crippen molar-refractivity contribution in [3.63, 3.8) is 0 Å². The van der Waals surface area contributed by atoms with Gasteiger partial charge in [0.2, 0.25) is 5.91 Å². The van der Waals surface area contributed by atoms with E-state index in [2.05, 4.69) is 30.8 Å². The number of amides is 1. The Morgan fingerprint density at radius 2 is 2.37 bits per heavy atom. The molecule has 1 saturated heterocycles. The van der Waals surface area contributed by atoms with Gasteiger partial charge in [-0.15, -0.1) is 11.6 Å². The van der Waals surface area contributed by atoms with Gasteiger partial charge in [-0.25, -0.2) is 4.98 Å². The van der Waals surface area contributed by atoms with Crippen molar-refractivity contribution in [3.05, 3.63) is 28.5 Å². The molecule has 2 aromatic rings. The van der Waals surface area contributed by atoms with Crippen molar-refractivity contribution in [1.29, 1.82) is 0 Å². The van der Waals surface area contributed by atoms with E-state index < -0.39 is 0 Å². The molecule has 4 nitrogen and oxygen atoms in total. The number of nitrogens with zero attached hydrogens (tertiary/aromatic N) is 2. The molecule has 100 valence electrons. The quantitative estimate of drug-likeness (QED) is 0.872. The predicted molar refractivity (Wildman–Crippen MR) is 78.2 cm³/mol. The number of carbonyl (C=O) groups excluding carboxylic acids is 1. The number of nitrogens with one attached hydrogen (secondary N) is 1. The molecule has 19 heavy (non-hydrogen) atoms. The van der Waals surface area contributed by atoms with Crippen molar-refractivity contribution in [2.75, 3.05) is 0 Å². The molecule has 6 heteroatoms. The molecule has 1 aromatic heterocycles. The van der Waals surface area contributed by atoms with Crippen molar-refractivity contribution < 1.29 is 4.79 Å². The van der Waals surface area contributed by atoms with Gasteiger partial charge >= 0.3 is 0 Å². The molecule has 0 bridgehead atoms. The highest BCUT2D eigenvalue weighted by molar-refractivity contribution is 9.10. The molecule has 1 aliphatic heterocycles. The molecule has 1 aromatic carbocycles. The van der Waals surface area contributed by atoms with Crippen LogP contribution in [0.1, 0.15) is 18.7 Å². The number of benzene rings is 1. The zero-order valence-electron chi connectivity index (χ0n) is 10.2. The molecule has 0 aliphatic carbocycles. The first-order valence-corrected chi connectivity index (χ1v) is 7.50. The lowest BCUT2D eigenvalue weighted by Gasteiger charge is -2.13. The molecule has 1 amide bonds. The molecule has 1 N–H and O–H groups in total. The van der Waals surface area contributed by atoms with E-state index in [-0.39, 0.29) is 11.9 Å². The Morgan fingerprint density at radius 1 is 1.53 bits per heavy atom. The summed E-state index contributed by atoms with van der Waals surface area (Å²) in [6.07, 6.45) is 1.48. The van der Waals surface area contributed by atoms with Crippen molar-refractivity contribution >= 4 is 44.5 Å². The monoisotopic (exact) mass is 341 g/mol. The summed E-state index contributed by atoms with van der Waals surface area (Å²) in [5.74, 6) is 1.34. The molecule has 2 heterocycles. The summed E-state index contributed by atoms with van der Waals surface area (Å²) in [5, 5.41) is 2.98. The summed E-state index contributed by atoms with van der Waals surface area (Å²) in [5.41, 5.74) is 1.98. The Hall–Kier alpha value is -1.07. The predicted octanol–water partition coefficient (Wildman–Crippen LogP) is 2.82. The highest BCUT2D eigenvalue weighted by Crippen LogP contribution is 2.23. The molecule has 1 fully saturated rings. The number of fused-ring (bicyclic) bond motifs is 1. The van der Waals surface area contributed by atoms with E-state index in [1.54, 1.807) is 0 Å². The summed E-state index contributed by atoms with van der Waals surface area (Å²) in [4.78, 5) is 15.8. The minimum Gasteiger partial charge on any atom is -0.352 e. The number of imidazole rings is 1. The third kappa shape index (κ3) is 2.49. The highest BCUT2D eigenvalue weighted by Gasteiger charge is 2.22. The van der Waals surface area contributed by atoms with E-state index in [9.17, 15) is 4.79 Å². The summed E-state index contributed by atoms with van der Waals surface area (Å²) < 4.78 is 3.10. The Bertz CT molecular complexity index is 640. The average Bonchev–Trinajstić information content (AvgIpc) is 2.94. The number of rotatable bonds is 3. The van der Waals surface area contributed by atoms with Gasteiger partial charge in [-0.2, -0.15) is 0 Å². The first-order chi connectivity index (χ1) is 9.17. The van der Waals surface area contributed by atoms with E-state index in [4.69, 9.17) is 11.6 Å². The fourth-order valence-electron chi connectivity index (χ4n) is 2.49. The molecule has 1 atom stereocenters. The molecule has 3 rings (SSSR count). The van der Waals surface area contributed by atoms with E-state index in [0.717, 1.165) is 34.3 Å². The maximum Gasteiger partial charge on any atom is 0.220 e. The van der Waals surface area contributed by atoms with E-state index in [1.165, 1.54) is 0 Å². The Labute approximate surface area is 124 Å². The summed E-state index contributed by atoms with van der Waals surface area (Å²) in [6.45, 7) is 0.728. The van der Waals surface area contributed by atoms with Crippen LogP contribution in [-0.4, -0.2) is 21.5 Å². The third-order valence-corrected chi connectivity index (χ3v) is 4.13. The molecule has 1 unspecified atom stereocenters. The van der Waals surface area contributed by atoms with Crippen LogP contribution >= 0.6 is 27.5 Å². The van der Waals surface area contributed by atoms with Crippen LogP contribution in [0.3, 0.4) is 0 Å². The van der Waals surface area contributed by atoms with E-state index >= 15 is 0 Å². The minimum absolute atomic E-state index is 0.129. The largest absolute Gasteiger partial charge is 0.352 e. The molecule has 0 radical (unpaired) electrons.